The van der Waals surface area contributed by atoms with E-state index >= 15 is 0 Å². The molecule has 5 nitrogen and oxygen atoms in total. The Hall–Kier alpha value is -2.95. The van der Waals surface area contributed by atoms with Crippen LogP contribution in [-0.2, 0) is 7.05 Å². The summed E-state index contributed by atoms with van der Waals surface area (Å²) in [7, 11) is 2.05. The molecule has 3 aromatic rings. The van der Waals surface area contributed by atoms with Gasteiger partial charge in [0, 0.05) is 11.8 Å². The molecule has 3 heterocycles. The molecule has 0 aliphatic carbocycles. The number of anilines is 4. The third-order valence-corrected chi connectivity index (χ3v) is 4.56. The fourth-order valence-corrected chi connectivity index (χ4v) is 3.39. The van der Waals surface area contributed by atoms with Crippen molar-refractivity contribution >= 4 is 23.0 Å². The summed E-state index contributed by atoms with van der Waals surface area (Å²) in [5.74, 6) is 2.03. The van der Waals surface area contributed by atoms with E-state index < -0.39 is 0 Å². The summed E-state index contributed by atoms with van der Waals surface area (Å²) in [5.41, 5.74) is 3.45. The summed E-state index contributed by atoms with van der Waals surface area (Å²) in [5, 5.41) is 0. The van der Waals surface area contributed by atoms with Gasteiger partial charge in [0.15, 0.2) is 6.17 Å². The minimum Gasteiger partial charge on any atom is -0.295 e. The predicted octanol–water partition coefficient (Wildman–Crippen LogP) is 3.25. The fraction of sp³-hybridized carbons (Fsp3) is 0.211. The monoisotopic (exact) mass is 318 g/mol. The van der Waals surface area contributed by atoms with Crippen LogP contribution in [-0.4, -0.2) is 16.1 Å². The van der Waals surface area contributed by atoms with Crippen LogP contribution in [0.5, 0.6) is 0 Å². The van der Waals surface area contributed by atoms with Crippen molar-refractivity contribution in [3.05, 3.63) is 66.7 Å². The Balaban J connectivity index is 1.91. The number of aromatic nitrogens is 3. The van der Waals surface area contributed by atoms with Crippen LogP contribution in [0.3, 0.4) is 0 Å². The summed E-state index contributed by atoms with van der Waals surface area (Å²) in [6.07, 6.45) is 5.67. The van der Waals surface area contributed by atoms with Gasteiger partial charge < -0.3 is 0 Å². The Kier molecular flexibility index (Phi) is 3.41. The SMILES string of the molecule is Cc1ccccc1N1c2cncnc2N(c2cccc[n+]2C)[C@@H]1C. The molecule has 0 spiro atoms. The van der Waals surface area contributed by atoms with E-state index in [1.165, 1.54) is 11.3 Å². The summed E-state index contributed by atoms with van der Waals surface area (Å²) in [4.78, 5) is 13.4. The molecule has 4 rings (SSSR count). The van der Waals surface area contributed by atoms with Crippen LogP contribution in [0.25, 0.3) is 0 Å². The van der Waals surface area contributed by atoms with E-state index in [0.29, 0.717) is 0 Å². The van der Waals surface area contributed by atoms with Crippen LogP contribution >= 0.6 is 0 Å². The van der Waals surface area contributed by atoms with Gasteiger partial charge in [-0.2, -0.15) is 9.88 Å². The van der Waals surface area contributed by atoms with Gasteiger partial charge in [-0.3, -0.25) is 4.90 Å². The third-order valence-electron chi connectivity index (χ3n) is 4.56. The Labute approximate surface area is 141 Å². The summed E-state index contributed by atoms with van der Waals surface area (Å²) in [6, 6.07) is 14.6. The Morgan fingerprint density at radius 1 is 1.00 bits per heavy atom. The zero-order chi connectivity index (χ0) is 16.7. The largest absolute Gasteiger partial charge is 0.295 e. The maximum absolute atomic E-state index is 4.57. The van der Waals surface area contributed by atoms with E-state index in [0.717, 1.165) is 17.3 Å². The topological polar surface area (TPSA) is 36.1 Å². The van der Waals surface area contributed by atoms with E-state index in [2.05, 4.69) is 87.8 Å². The fourth-order valence-electron chi connectivity index (χ4n) is 3.39. The molecule has 0 saturated heterocycles. The Bertz CT molecular complexity index is 820. The van der Waals surface area contributed by atoms with Gasteiger partial charge in [0.2, 0.25) is 5.82 Å². The van der Waals surface area contributed by atoms with Crippen LogP contribution in [0.1, 0.15) is 12.5 Å². The van der Waals surface area contributed by atoms with Gasteiger partial charge >= 0.3 is 0 Å². The van der Waals surface area contributed by atoms with Crippen molar-refractivity contribution in [3.63, 3.8) is 0 Å². The van der Waals surface area contributed by atoms with Gasteiger partial charge in [-0.1, -0.05) is 24.3 Å². The molecule has 1 aliphatic rings. The molecule has 5 heteroatoms. The standard InChI is InChI=1S/C19H20N5/c1-14-8-4-5-9-16(14)23-15(2)24(18-10-6-7-11-22(18)3)19-17(23)12-20-13-21-19/h4-13,15H,1-3H3/q+1/t15-/m1/s1. The maximum atomic E-state index is 4.57. The molecule has 24 heavy (non-hydrogen) atoms. The van der Waals surface area contributed by atoms with Crippen molar-refractivity contribution in [2.45, 2.75) is 20.0 Å². The van der Waals surface area contributed by atoms with E-state index in [4.69, 9.17) is 0 Å². The van der Waals surface area contributed by atoms with Crippen LogP contribution < -0.4 is 14.4 Å². The first-order chi connectivity index (χ1) is 11.7. The zero-order valence-electron chi connectivity index (χ0n) is 14.1. The normalized spacial score (nSPS) is 16.4. The molecule has 1 aromatic carbocycles. The smallest absolute Gasteiger partial charge is 0.284 e. The number of rotatable bonds is 2. The number of nitrogens with zero attached hydrogens (tertiary/aromatic N) is 5. The number of fused-ring (bicyclic) bond motifs is 1. The second-order valence-electron chi connectivity index (χ2n) is 6.06. The number of hydrogen-bond acceptors (Lipinski definition) is 4. The number of aryl methyl sites for hydroxylation is 2. The molecule has 0 amide bonds. The quantitative estimate of drug-likeness (QED) is 0.680. The van der Waals surface area contributed by atoms with Crippen molar-refractivity contribution in [2.24, 2.45) is 7.05 Å². The second kappa shape index (κ2) is 5.60. The highest BCUT2D eigenvalue weighted by molar-refractivity contribution is 5.84. The molecule has 0 fully saturated rings. The second-order valence-corrected chi connectivity index (χ2v) is 6.06. The molecule has 0 bridgehead atoms. The number of hydrogen-bond donors (Lipinski definition) is 0. The lowest BCUT2D eigenvalue weighted by Crippen LogP contribution is -2.43. The van der Waals surface area contributed by atoms with Gasteiger partial charge in [0.05, 0.1) is 19.4 Å². The van der Waals surface area contributed by atoms with E-state index in [-0.39, 0.29) is 6.17 Å². The highest BCUT2D eigenvalue weighted by Crippen LogP contribution is 2.45. The lowest BCUT2D eigenvalue weighted by molar-refractivity contribution is -0.658. The van der Waals surface area contributed by atoms with Crippen molar-refractivity contribution in [2.75, 3.05) is 9.80 Å². The summed E-state index contributed by atoms with van der Waals surface area (Å²) in [6.45, 7) is 4.33. The van der Waals surface area contributed by atoms with Crippen LogP contribution in [0.15, 0.2) is 61.2 Å². The predicted molar refractivity (Wildman–Crippen MR) is 94.6 cm³/mol. The van der Waals surface area contributed by atoms with Gasteiger partial charge in [0.25, 0.3) is 5.82 Å². The van der Waals surface area contributed by atoms with Crippen molar-refractivity contribution in [1.29, 1.82) is 0 Å². The molecule has 2 aromatic heterocycles. The van der Waals surface area contributed by atoms with E-state index in [1.54, 1.807) is 6.33 Å². The first-order valence-corrected chi connectivity index (χ1v) is 8.07. The van der Waals surface area contributed by atoms with Crippen molar-refractivity contribution < 1.29 is 4.57 Å². The number of benzene rings is 1. The molecular weight excluding hydrogens is 298 g/mol. The molecule has 0 saturated carbocycles. The minimum atomic E-state index is 0.103. The lowest BCUT2D eigenvalue weighted by Gasteiger charge is -2.26. The van der Waals surface area contributed by atoms with Gasteiger partial charge in [-0.25, -0.2) is 9.55 Å². The average Bonchev–Trinajstić information content (AvgIpc) is 2.88. The molecule has 1 aliphatic heterocycles. The molecule has 0 unspecified atom stereocenters. The molecule has 0 radical (unpaired) electrons. The minimum absolute atomic E-state index is 0.103. The van der Waals surface area contributed by atoms with Gasteiger partial charge in [-0.05, 0) is 31.5 Å². The molecular formula is C19H20N5+. The highest BCUT2D eigenvalue weighted by Gasteiger charge is 2.43. The van der Waals surface area contributed by atoms with Crippen LogP contribution in [0.2, 0.25) is 0 Å². The third kappa shape index (κ3) is 2.12. The van der Waals surface area contributed by atoms with E-state index in [9.17, 15) is 0 Å². The zero-order valence-corrected chi connectivity index (χ0v) is 14.1. The van der Waals surface area contributed by atoms with E-state index in [1.807, 2.05) is 12.3 Å². The number of pyridine rings is 1. The van der Waals surface area contributed by atoms with Gasteiger partial charge in [0.1, 0.15) is 12.0 Å². The maximum Gasteiger partial charge on any atom is 0.284 e. The lowest BCUT2D eigenvalue weighted by atomic mass is 10.1. The Morgan fingerprint density at radius 3 is 2.58 bits per heavy atom. The molecule has 1 atom stereocenters. The average molecular weight is 318 g/mol. The Morgan fingerprint density at radius 2 is 1.79 bits per heavy atom. The first-order valence-electron chi connectivity index (χ1n) is 8.07. The van der Waals surface area contributed by atoms with Crippen molar-refractivity contribution in [1.82, 2.24) is 9.97 Å². The summed E-state index contributed by atoms with van der Waals surface area (Å²) < 4.78 is 2.11. The molecule has 0 N–H and O–H groups in total. The van der Waals surface area contributed by atoms with Crippen molar-refractivity contribution in [3.8, 4) is 0 Å². The van der Waals surface area contributed by atoms with Gasteiger partial charge in [-0.15, -0.1) is 0 Å². The van der Waals surface area contributed by atoms with Crippen LogP contribution in [0, 0.1) is 6.92 Å². The molecule has 120 valence electrons. The first kappa shape index (κ1) is 14.6. The van der Waals surface area contributed by atoms with Crippen LogP contribution in [0.4, 0.5) is 23.0 Å². The summed E-state index contributed by atoms with van der Waals surface area (Å²) >= 11 is 0. The highest BCUT2D eigenvalue weighted by atomic mass is 15.5. The number of para-hydroxylation sites is 1.